The van der Waals surface area contributed by atoms with E-state index in [0.29, 0.717) is 18.7 Å². The van der Waals surface area contributed by atoms with E-state index in [1.807, 2.05) is 42.5 Å². The van der Waals surface area contributed by atoms with Gasteiger partial charge < -0.3 is 16.4 Å². The number of halogens is 1. The van der Waals surface area contributed by atoms with E-state index < -0.39 is 0 Å². The number of aromatic nitrogens is 1. The Morgan fingerprint density at radius 2 is 1.76 bits per heavy atom. The summed E-state index contributed by atoms with van der Waals surface area (Å²) in [7, 11) is 0. The predicted molar refractivity (Wildman–Crippen MR) is 105 cm³/mol. The third-order valence-electron chi connectivity index (χ3n) is 3.92. The fourth-order valence-electron chi connectivity index (χ4n) is 2.67. The summed E-state index contributed by atoms with van der Waals surface area (Å²) in [4.78, 5) is 16.9. The van der Waals surface area contributed by atoms with Crippen LogP contribution in [0.25, 0.3) is 21.8 Å². The molecule has 0 aliphatic carbocycles. The fourth-order valence-corrected chi connectivity index (χ4v) is 2.67. The monoisotopic (exact) mass is 358 g/mol. The summed E-state index contributed by atoms with van der Waals surface area (Å²) in [6.07, 6.45) is 0.880. The van der Waals surface area contributed by atoms with Gasteiger partial charge >= 0.3 is 0 Å². The molecule has 0 aliphatic heterocycles. The van der Waals surface area contributed by atoms with E-state index in [2.05, 4.69) is 21.7 Å². The zero-order chi connectivity index (χ0) is 16.8. The summed E-state index contributed by atoms with van der Waals surface area (Å²) < 4.78 is 0. The Kier molecular flexibility index (Phi) is 7.13. The van der Waals surface area contributed by atoms with Crippen molar-refractivity contribution in [3.8, 4) is 0 Å². The molecule has 0 saturated carbocycles. The first-order valence-electron chi connectivity index (χ1n) is 8.26. The average Bonchev–Trinajstić information content (AvgIpc) is 2.62. The number of para-hydroxylation sites is 1. The van der Waals surface area contributed by atoms with E-state index in [-0.39, 0.29) is 18.3 Å². The molecule has 1 heterocycles. The topological polar surface area (TPSA) is 80.0 Å². The maximum atomic E-state index is 12.3. The lowest BCUT2D eigenvalue weighted by Gasteiger charge is -2.07. The van der Waals surface area contributed by atoms with Gasteiger partial charge in [0.05, 0.1) is 11.0 Å². The number of amides is 1. The highest BCUT2D eigenvalue weighted by Gasteiger charge is 2.07. The number of benzene rings is 2. The third-order valence-corrected chi connectivity index (χ3v) is 3.92. The minimum atomic E-state index is -0.0520. The van der Waals surface area contributed by atoms with Crippen molar-refractivity contribution in [2.75, 3.05) is 26.2 Å². The predicted octanol–water partition coefficient (Wildman–Crippen LogP) is 2.48. The van der Waals surface area contributed by atoms with Gasteiger partial charge in [0, 0.05) is 36.0 Å². The van der Waals surface area contributed by atoms with Crippen LogP contribution in [0.3, 0.4) is 0 Å². The minimum absolute atomic E-state index is 0. The fraction of sp³-hybridized carbons (Fsp3) is 0.263. The van der Waals surface area contributed by atoms with Gasteiger partial charge in [-0.2, -0.15) is 0 Å². The van der Waals surface area contributed by atoms with Gasteiger partial charge in [-0.1, -0.05) is 18.2 Å². The molecule has 0 saturated heterocycles. The number of fused-ring (bicyclic) bond motifs is 2. The standard InChI is InChI=1S/C19H22N4O.ClH/c20-8-11-21-9-3-10-22-19(24)15-6-7-18-16(13-15)12-14-4-1-2-5-17(14)23-18;/h1-2,4-7,12-13,21H,3,8-11,20H2,(H,22,24);1H. The molecule has 6 heteroatoms. The SMILES string of the molecule is Cl.NCCNCCCNC(=O)c1ccc2nc3ccccc3cc2c1. The van der Waals surface area contributed by atoms with Crippen molar-refractivity contribution in [2.45, 2.75) is 6.42 Å². The van der Waals surface area contributed by atoms with E-state index in [4.69, 9.17) is 5.73 Å². The van der Waals surface area contributed by atoms with Gasteiger partial charge in [-0.25, -0.2) is 4.98 Å². The van der Waals surface area contributed by atoms with Crippen LogP contribution in [0.2, 0.25) is 0 Å². The van der Waals surface area contributed by atoms with Gasteiger partial charge in [0.25, 0.3) is 5.91 Å². The number of hydrogen-bond acceptors (Lipinski definition) is 4. The van der Waals surface area contributed by atoms with Gasteiger partial charge in [-0.15, -0.1) is 12.4 Å². The van der Waals surface area contributed by atoms with Crippen LogP contribution in [0.15, 0.2) is 48.5 Å². The zero-order valence-electron chi connectivity index (χ0n) is 14.0. The molecule has 2 aromatic carbocycles. The first-order chi connectivity index (χ1) is 11.8. The summed E-state index contributed by atoms with van der Waals surface area (Å²) in [5.74, 6) is -0.0520. The summed E-state index contributed by atoms with van der Waals surface area (Å²) >= 11 is 0. The Morgan fingerprint density at radius 1 is 0.960 bits per heavy atom. The van der Waals surface area contributed by atoms with Crippen molar-refractivity contribution in [3.05, 3.63) is 54.1 Å². The molecule has 0 spiro atoms. The highest BCUT2D eigenvalue weighted by atomic mass is 35.5. The summed E-state index contributed by atoms with van der Waals surface area (Å²) in [6, 6.07) is 15.7. The second-order valence-electron chi connectivity index (χ2n) is 5.74. The molecule has 5 nitrogen and oxygen atoms in total. The van der Waals surface area contributed by atoms with E-state index >= 15 is 0 Å². The Morgan fingerprint density at radius 3 is 2.60 bits per heavy atom. The van der Waals surface area contributed by atoms with Crippen molar-refractivity contribution in [3.63, 3.8) is 0 Å². The van der Waals surface area contributed by atoms with E-state index in [9.17, 15) is 4.79 Å². The second-order valence-corrected chi connectivity index (χ2v) is 5.74. The lowest BCUT2D eigenvalue weighted by Crippen LogP contribution is -2.29. The second kappa shape index (κ2) is 9.32. The van der Waals surface area contributed by atoms with Crippen molar-refractivity contribution in [1.82, 2.24) is 15.6 Å². The van der Waals surface area contributed by atoms with Crippen LogP contribution in [-0.4, -0.2) is 37.1 Å². The summed E-state index contributed by atoms with van der Waals surface area (Å²) in [5.41, 5.74) is 7.94. The first kappa shape index (κ1) is 19.1. The average molecular weight is 359 g/mol. The van der Waals surface area contributed by atoms with Crippen LogP contribution < -0.4 is 16.4 Å². The van der Waals surface area contributed by atoms with Crippen LogP contribution in [0.5, 0.6) is 0 Å². The molecule has 3 rings (SSSR count). The smallest absolute Gasteiger partial charge is 0.251 e. The number of carbonyl (C=O) groups is 1. The molecule has 25 heavy (non-hydrogen) atoms. The van der Waals surface area contributed by atoms with Gasteiger partial charge in [-0.3, -0.25) is 4.79 Å². The van der Waals surface area contributed by atoms with Gasteiger partial charge in [0.1, 0.15) is 0 Å². The summed E-state index contributed by atoms with van der Waals surface area (Å²) in [6.45, 7) is 2.93. The van der Waals surface area contributed by atoms with Crippen LogP contribution in [-0.2, 0) is 0 Å². The van der Waals surface area contributed by atoms with E-state index in [1.165, 1.54) is 0 Å². The molecule has 0 aliphatic rings. The molecular formula is C19H23ClN4O. The number of nitrogens with zero attached hydrogens (tertiary/aromatic N) is 1. The van der Waals surface area contributed by atoms with Crippen molar-refractivity contribution in [2.24, 2.45) is 5.73 Å². The van der Waals surface area contributed by atoms with Gasteiger partial charge in [0.15, 0.2) is 0 Å². The largest absolute Gasteiger partial charge is 0.352 e. The Bertz CT molecular complexity index is 853. The van der Waals surface area contributed by atoms with Crippen molar-refractivity contribution in [1.29, 1.82) is 0 Å². The summed E-state index contributed by atoms with van der Waals surface area (Å²) in [5, 5.41) is 8.21. The van der Waals surface area contributed by atoms with Crippen molar-refractivity contribution >= 4 is 40.1 Å². The molecule has 1 amide bonds. The number of carbonyl (C=O) groups excluding carboxylic acids is 1. The quantitative estimate of drug-likeness (QED) is 0.448. The number of hydrogen-bond donors (Lipinski definition) is 3. The Labute approximate surface area is 153 Å². The lowest BCUT2D eigenvalue weighted by molar-refractivity contribution is 0.0953. The lowest BCUT2D eigenvalue weighted by atomic mass is 10.1. The third kappa shape index (κ3) is 4.89. The van der Waals surface area contributed by atoms with Crippen molar-refractivity contribution < 1.29 is 4.79 Å². The zero-order valence-corrected chi connectivity index (χ0v) is 14.8. The molecule has 132 valence electrons. The van der Waals surface area contributed by atoms with E-state index in [0.717, 1.165) is 41.3 Å². The molecule has 4 N–H and O–H groups in total. The highest BCUT2D eigenvalue weighted by Crippen LogP contribution is 2.20. The molecule has 0 bridgehead atoms. The maximum Gasteiger partial charge on any atom is 0.251 e. The number of pyridine rings is 1. The molecule has 0 unspecified atom stereocenters. The molecular weight excluding hydrogens is 336 g/mol. The van der Waals surface area contributed by atoms with Crippen LogP contribution in [0.1, 0.15) is 16.8 Å². The number of nitrogens with two attached hydrogens (primary N) is 1. The minimum Gasteiger partial charge on any atom is -0.352 e. The first-order valence-corrected chi connectivity index (χ1v) is 8.26. The van der Waals surface area contributed by atoms with Gasteiger partial charge in [0.2, 0.25) is 0 Å². The Balaban J connectivity index is 0.00000225. The van der Waals surface area contributed by atoms with Crippen LogP contribution >= 0.6 is 12.4 Å². The number of rotatable bonds is 7. The maximum absolute atomic E-state index is 12.3. The normalized spacial score (nSPS) is 10.6. The van der Waals surface area contributed by atoms with Crippen LogP contribution in [0, 0.1) is 0 Å². The highest BCUT2D eigenvalue weighted by molar-refractivity contribution is 6.00. The Hall–Kier alpha value is -2.21. The molecule has 3 aromatic rings. The molecule has 0 atom stereocenters. The molecule has 0 fully saturated rings. The number of nitrogens with one attached hydrogen (secondary N) is 2. The van der Waals surface area contributed by atoms with Gasteiger partial charge in [-0.05, 0) is 43.3 Å². The van der Waals surface area contributed by atoms with E-state index in [1.54, 1.807) is 0 Å². The molecule has 1 aromatic heterocycles. The molecule has 0 radical (unpaired) electrons. The van der Waals surface area contributed by atoms with Crippen LogP contribution in [0.4, 0.5) is 0 Å².